The molecule has 1 radical (unpaired) electrons. The Morgan fingerprint density at radius 1 is 0.941 bits per heavy atom. The molecule has 0 aliphatic heterocycles. The molecule has 0 spiro atoms. The number of carboxylic acid groups (broad SMARTS) is 2. The van der Waals surface area contributed by atoms with Crippen LogP contribution >= 0.6 is 0 Å². The van der Waals surface area contributed by atoms with Crippen LogP contribution in [0.15, 0.2) is 24.3 Å². The molecule has 0 aliphatic rings. The van der Waals surface area contributed by atoms with Crippen molar-refractivity contribution < 1.29 is 51.7 Å². The van der Waals surface area contributed by atoms with Gasteiger partial charge >= 0.3 is 19.3 Å². The molecule has 7 nitrogen and oxygen atoms in total. The van der Waals surface area contributed by atoms with Gasteiger partial charge in [-0.1, -0.05) is 6.07 Å². The molecule has 0 aromatic heterocycles. The first-order chi connectivity index (χ1) is 7.34. The Balaban J connectivity index is 0. The molecule has 1 rings (SSSR count). The summed E-state index contributed by atoms with van der Waals surface area (Å²) >= 11 is 0. The molecule has 17 heavy (non-hydrogen) atoms. The van der Waals surface area contributed by atoms with E-state index in [1.807, 2.05) is 0 Å². The van der Waals surface area contributed by atoms with E-state index in [-0.39, 0.29) is 27.9 Å². The van der Waals surface area contributed by atoms with Gasteiger partial charge in [0, 0.05) is 16.8 Å². The number of hydrogen-bond acceptors (Lipinski definition) is 5. The first-order valence-corrected chi connectivity index (χ1v) is 3.95. The number of benzene rings is 1. The maximum absolute atomic E-state index is 10.4. The van der Waals surface area contributed by atoms with Crippen LogP contribution in [0.4, 0.5) is 0 Å². The molecule has 0 atom stereocenters. The van der Waals surface area contributed by atoms with E-state index in [1.54, 1.807) is 0 Å². The fraction of sp³-hybridized carbons (Fsp3) is 0. The van der Waals surface area contributed by atoms with Crippen LogP contribution in [0.5, 0.6) is 0 Å². The zero-order chi connectivity index (χ0) is 12.7. The van der Waals surface area contributed by atoms with Gasteiger partial charge in [-0.05, 0) is 18.2 Å². The normalized spacial score (nSPS) is 8.18. The maximum Gasteiger partial charge on any atom is 0.631 e. The van der Waals surface area contributed by atoms with E-state index in [1.165, 1.54) is 18.2 Å². The zero-order valence-corrected chi connectivity index (χ0v) is 9.31. The van der Waals surface area contributed by atoms with E-state index in [0.29, 0.717) is 0 Å². The Hall–Kier alpha value is -1.39. The summed E-state index contributed by atoms with van der Waals surface area (Å²) in [5.41, 5.74) is -0.0372. The van der Waals surface area contributed by atoms with Crippen LogP contribution < -0.4 is 0 Å². The van der Waals surface area contributed by atoms with Crippen LogP contribution in [0, 0.1) is 0 Å². The number of carboxylic acids is 2. The van der Waals surface area contributed by atoms with Crippen molar-refractivity contribution in [3.05, 3.63) is 35.4 Å². The minimum absolute atomic E-state index is 0. The summed E-state index contributed by atoms with van der Waals surface area (Å²) < 4.78 is 0. The summed E-state index contributed by atoms with van der Waals surface area (Å²) in [5, 5.41) is 38.5. The SMILES string of the molecule is O=C(O)c1cccc(C(=O)O)c1.OB(O)O.[Co]. The van der Waals surface area contributed by atoms with Crippen LogP contribution in [0.1, 0.15) is 20.7 Å². The quantitative estimate of drug-likeness (QED) is 0.441. The molecule has 95 valence electrons. The first-order valence-electron chi connectivity index (χ1n) is 3.95. The standard InChI is InChI=1S/C8H6O4.BH3O3.Co/c9-7(10)5-2-1-3-6(4-5)8(11)12;2-1(3)4;/h1-4H,(H,9,10)(H,11,12);2-4H;. The van der Waals surface area contributed by atoms with Gasteiger partial charge < -0.3 is 25.3 Å². The van der Waals surface area contributed by atoms with Crippen molar-refractivity contribution in [1.82, 2.24) is 0 Å². The second kappa shape index (κ2) is 8.73. The molecular formula is C8H9BCoO7. The molecule has 0 bridgehead atoms. The molecule has 0 amide bonds. The molecule has 1 aromatic rings. The fourth-order valence-corrected chi connectivity index (χ4v) is 0.785. The van der Waals surface area contributed by atoms with E-state index in [4.69, 9.17) is 25.3 Å². The van der Waals surface area contributed by atoms with Gasteiger partial charge in [0.25, 0.3) is 0 Å². The van der Waals surface area contributed by atoms with Crippen LogP contribution in [0.3, 0.4) is 0 Å². The number of aromatic carboxylic acids is 2. The summed E-state index contributed by atoms with van der Waals surface area (Å²) in [6.07, 6.45) is 0. The molecule has 0 saturated heterocycles. The van der Waals surface area contributed by atoms with Gasteiger partial charge in [0.05, 0.1) is 11.1 Å². The van der Waals surface area contributed by atoms with E-state index in [0.717, 1.165) is 6.07 Å². The molecule has 9 heteroatoms. The third-order valence-electron chi connectivity index (χ3n) is 1.36. The van der Waals surface area contributed by atoms with Gasteiger partial charge in [0.2, 0.25) is 0 Å². The molecule has 1 aromatic carbocycles. The van der Waals surface area contributed by atoms with Crippen LogP contribution in [0.25, 0.3) is 0 Å². The average Bonchev–Trinajstić information content (AvgIpc) is 2.17. The zero-order valence-electron chi connectivity index (χ0n) is 8.27. The van der Waals surface area contributed by atoms with Gasteiger partial charge in [-0.15, -0.1) is 0 Å². The molecule has 0 heterocycles. The van der Waals surface area contributed by atoms with Crippen molar-refractivity contribution in [3.63, 3.8) is 0 Å². The van der Waals surface area contributed by atoms with Crippen molar-refractivity contribution in [2.24, 2.45) is 0 Å². The Kier molecular flexibility index (Phi) is 9.24. The van der Waals surface area contributed by atoms with E-state index in [2.05, 4.69) is 0 Å². The first kappa shape index (κ1) is 18.0. The van der Waals surface area contributed by atoms with Gasteiger partial charge in [-0.3, -0.25) is 0 Å². The Labute approximate surface area is 107 Å². The summed E-state index contributed by atoms with van der Waals surface area (Å²) in [6.45, 7) is 0. The summed E-state index contributed by atoms with van der Waals surface area (Å²) in [7, 11) is -2.17. The predicted octanol–water partition coefficient (Wildman–Crippen LogP) is -0.971. The molecule has 0 fully saturated rings. The third kappa shape index (κ3) is 8.42. The van der Waals surface area contributed by atoms with Gasteiger partial charge in [-0.2, -0.15) is 0 Å². The van der Waals surface area contributed by atoms with Crippen LogP contribution in [0.2, 0.25) is 0 Å². The topological polar surface area (TPSA) is 135 Å². The van der Waals surface area contributed by atoms with E-state index in [9.17, 15) is 9.59 Å². The number of hydrogen-bond donors (Lipinski definition) is 5. The van der Waals surface area contributed by atoms with Crippen molar-refractivity contribution in [3.8, 4) is 0 Å². The van der Waals surface area contributed by atoms with E-state index >= 15 is 0 Å². The number of rotatable bonds is 2. The Bertz CT molecular complexity index is 350. The largest absolute Gasteiger partial charge is 0.631 e. The van der Waals surface area contributed by atoms with Crippen LogP contribution in [-0.2, 0) is 16.8 Å². The van der Waals surface area contributed by atoms with Crippen LogP contribution in [-0.4, -0.2) is 44.5 Å². The van der Waals surface area contributed by atoms with E-state index < -0.39 is 19.3 Å². The van der Waals surface area contributed by atoms with Crippen molar-refractivity contribution in [1.29, 1.82) is 0 Å². The monoisotopic (exact) mass is 287 g/mol. The van der Waals surface area contributed by atoms with Gasteiger partial charge in [0.15, 0.2) is 0 Å². The minimum atomic E-state index is -2.17. The second-order valence-electron chi connectivity index (χ2n) is 2.54. The Morgan fingerprint density at radius 2 is 1.24 bits per heavy atom. The van der Waals surface area contributed by atoms with Crippen molar-refractivity contribution in [2.45, 2.75) is 0 Å². The molecular weight excluding hydrogens is 278 g/mol. The second-order valence-corrected chi connectivity index (χ2v) is 2.54. The van der Waals surface area contributed by atoms with Crippen molar-refractivity contribution >= 4 is 19.3 Å². The van der Waals surface area contributed by atoms with Gasteiger partial charge in [0.1, 0.15) is 0 Å². The maximum atomic E-state index is 10.4. The third-order valence-corrected chi connectivity index (χ3v) is 1.36. The smallest absolute Gasteiger partial charge is 0.478 e. The number of carbonyl (C=O) groups is 2. The molecule has 0 saturated carbocycles. The summed E-state index contributed by atoms with van der Waals surface area (Å²) in [4.78, 5) is 20.8. The average molecular weight is 287 g/mol. The van der Waals surface area contributed by atoms with Gasteiger partial charge in [-0.25, -0.2) is 9.59 Å². The summed E-state index contributed by atoms with van der Waals surface area (Å²) in [6, 6.07) is 5.20. The predicted molar refractivity (Wildman–Crippen MR) is 52.8 cm³/mol. The molecule has 0 unspecified atom stereocenters. The molecule has 0 aliphatic carbocycles. The minimum Gasteiger partial charge on any atom is -0.478 e. The molecule has 5 N–H and O–H groups in total. The fourth-order valence-electron chi connectivity index (χ4n) is 0.785. The summed E-state index contributed by atoms with van der Waals surface area (Å²) in [5.74, 6) is -2.25. The Morgan fingerprint density at radius 3 is 1.47 bits per heavy atom. The van der Waals surface area contributed by atoms with Crippen molar-refractivity contribution in [2.75, 3.05) is 0 Å².